The van der Waals surface area contributed by atoms with Crippen LogP contribution < -0.4 is 0 Å². The Morgan fingerprint density at radius 2 is 1.82 bits per heavy atom. The third kappa shape index (κ3) is 1.74. The Hall–Kier alpha value is -0.740. The summed E-state index contributed by atoms with van der Waals surface area (Å²) in [4.78, 5) is 23.4. The minimum absolute atomic E-state index is 0.0976. The van der Waals surface area contributed by atoms with E-state index in [0.29, 0.717) is 18.8 Å². The first kappa shape index (κ1) is 11.4. The van der Waals surface area contributed by atoms with E-state index in [2.05, 4.69) is 0 Å². The topological polar surface area (TPSA) is 57.6 Å². The van der Waals surface area contributed by atoms with Crippen molar-refractivity contribution < 1.29 is 14.8 Å². The zero-order chi connectivity index (χ0) is 12.0. The van der Waals surface area contributed by atoms with Crippen LogP contribution in [0.3, 0.4) is 0 Å². The van der Waals surface area contributed by atoms with E-state index in [9.17, 15) is 14.8 Å². The van der Waals surface area contributed by atoms with E-state index in [-0.39, 0.29) is 29.6 Å². The fourth-order valence-corrected chi connectivity index (χ4v) is 3.95. The highest BCUT2D eigenvalue weighted by molar-refractivity contribution is 6.38. The summed E-state index contributed by atoms with van der Waals surface area (Å²) in [5.74, 6) is -0.288. The van der Waals surface area contributed by atoms with Crippen molar-refractivity contribution in [3.05, 3.63) is 0 Å². The van der Waals surface area contributed by atoms with E-state index in [0.717, 1.165) is 19.3 Å². The van der Waals surface area contributed by atoms with Crippen molar-refractivity contribution in [2.45, 2.75) is 57.0 Å². The number of hydrogen-bond donors (Lipinski definition) is 1. The number of rotatable bonds is 0. The van der Waals surface area contributed by atoms with Gasteiger partial charge in [-0.3, -0.25) is 9.59 Å². The summed E-state index contributed by atoms with van der Waals surface area (Å²) in [6, 6.07) is 0.130. The molecule has 3 rings (SSSR count). The maximum absolute atomic E-state index is 11.9. The average Bonchev–Trinajstić information content (AvgIpc) is 2.35. The van der Waals surface area contributed by atoms with Crippen molar-refractivity contribution >= 4 is 11.6 Å². The lowest BCUT2D eigenvalue weighted by Gasteiger charge is -2.49. The molecule has 4 atom stereocenters. The molecule has 0 bridgehead atoms. The van der Waals surface area contributed by atoms with Crippen LogP contribution in [0.4, 0.5) is 0 Å². The molecule has 2 aliphatic carbocycles. The van der Waals surface area contributed by atoms with Gasteiger partial charge in [0.15, 0.2) is 5.78 Å². The maximum Gasteiger partial charge on any atom is 0.203 e. The lowest BCUT2D eigenvalue weighted by atomic mass is 9.68. The molecule has 1 N–H and O–H groups in total. The Bertz CT molecular complexity index is 355. The van der Waals surface area contributed by atoms with Crippen molar-refractivity contribution in [2.75, 3.05) is 0 Å². The number of nitrogens with zero attached hydrogens (tertiary/aromatic N) is 1. The highest BCUT2D eigenvalue weighted by Crippen LogP contribution is 2.42. The Balaban J connectivity index is 1.84. The molecule has 3 fully saturated rings. The summed E-state index contributed by atoms with van der Waals surface area (Å²) >= 11 is 0. The standard InChI is InChI=1S/C13H19NO3/c15-12-6-5-11-9(13(12)16)7-8-3-1-2-4-10(8)14(11)17/h8-11,17H,1-7H2. The predicted octanol–water partition coefficient (Wildman–Crippen LogP) is 1.56. The van der Waals surface area contributed by atoms with Gasteiger partial charge in [0.2, 0.25) is 5.78 Å². The van der Waals surface area contributed by atoms with Gasteiger partial charge in [0, 0.05) is 24.4 Å². The van der Waals surface area contributed by atoms with Crippen LogP contribution in [0.25, 0.3) is 0 Å². The van der Waals surface area contributed by atoms with Gasteiger partial charge < -0.3 is 5.21 Å². The van der Waals surface area contributed by atoms with E-state index in [1.165, 1.54) is 17.9 Å². The molecule has 4 unspecified atom stereocenters. The van der Waals surface area contributed by atoms with E-state index in [1.54, 1.807) is 0 Å². The van der Waals surface area contributed by atoms with Gasteiger partial charge in [-0.05, 0) is 31.6 Å². The van der Waals surface area contributed by atoms with Gasteiger partial charge in [-0.2, -0.15) is 5.06 Å². The largest absolute Gasteiger partial charge is 0.313 e. The van der Waals surface area contributed by atoms with Crippen LogP contribution in [0.5, 0.6) is 0 Å². The first-order valence-electron chi connectivity index (χ1n) is 6.72. The predicted molar refractivity (Wildman–Crippen MR) is 60.5 cm³/mol. The van der Waals surface area contributed by atoms with Crippen molar-refractivity contribution in [2.24, 2.45) is 11.8 Å². The summed E-state index contributed by atoms with van der Waals surface area (Å²) in [6.07, 6.45) is 6.26. The van der Waals surface area contributed by atoms with Crippen molar-refractivity contribution in [1.82, 2.24) is 5.06 Å². The maximum atomic E-state index is 11.9. The fourth-order valence-electron chi connectivity index (χ4n) is 3.95. The number of carbonyl (C=O) groups is 2. The molecule has 2 saturated carbocycles. The molecule has 0 amide bonds. The molecule has 0 radical (unpaired) electrons. The lowest BCUT2D eigenvalue weighted by molar-refractivity contribution is -0.220. The summed E-state index contributed by atoms with van der Waals surface area (Å²) in [5, 5.41) is 11.7. The monoisotopic (exact) mass is 237 g/mol. The molecule has 4 nitrogen and oxygen atoms in total. The summed E-state index contributed by atoms with van der Waals surface area (Å²) in [5.41, 5.74) is 0. The molecule has 3 aliphatic rings. The second kappa shape index (κ2) is 4.18. The van der Waals surface area contributed by atoms with E-state index in [4.69, 9.17) is 0 Å². The second-order valence-corrected chi connectivity index (χ2v) is 5.73. The molecule has 1 aliphatic heterocycles. The molecule has 0 spiro atoms. The Labute approximate surface area is 101 Å². The number of hydroxylamine groups is 2. The molecule has 0 aromatic carbocycles. The second-order valence-electron chi connectivity index (χ2n) is 5.73. The number of fused-ring (bicyclic) bond motifs is 2. The Morgan fingerprint density at radius 1 is 1.06 bits per heavy atom. The summed E-state index contributed by atoms with van der Waals surface area (Å²) in [6.45, 7) is 0. The van der Waals surface area contributed by atoms with Crippen LogP contribution in [-0.4, -0.2) is 33.9 Å². The van der Waals surface area contributed by atoms with Gasteiger partial charge in [0.05, 0.1) is 0 Å². The van der Waals surface area contributed by atoms with Crippen molar-refractivity contribution in [1.29, 1.82) is 0 Å². The summed E-state index contributed by atoms with van der Waals surface area (Å²) in [7, 11) is 0. The van der Waals surface area contributed by atoms with Crippen molar-refractivity contribution in [3.8, 4) is 0 Å². The van der Waals surface area contributed by atoms with Crippen LogP contribution in [-0.2, 0) is 9.59 Å². The van der Waals surface area contributed by atoms with E-state index in [1.807, 2.05) is 0 Å². The van der Waals surface area contributed by atoms with Crippen LogP contribution >= 0.6 is 0 Å². The summed E-state index contributed by atoms with van der Waals surface area (Å²) < 4.78 is 0. The SMILES string of the molecule is O=C1CCC2C(CC3CCCCC3N2O)C1=O. The molecule has 0 aromatic heterocycles. The highest BCUT2D eigenvalue weighted by atomic mass is 16.5. The van der Waals surface area contributed by atoms with Gasteiger partial charge in [0.1, 0.15) is 0 Å². The average molecular weight is 237 g/mol. The Morgan fingerprint density at radius 3 is 2.65 bits per heavy atom. The van der Waals surface area contributed by atoms with Gasteiger partial charge >= 0.3 is 0 Å². The minimum atomic E-state index is -0.236. The van der Waals surface area contributed by atoms with Gasteiger partial charge in [-0.1, -0.05) is 12.8 Å². The quantitative estimate of drug-likeness (QED) is 0.649. The normalized spacial score (nSPS) is 43.1. The number of Topliss-reactive ketones (excluding diaryl/α,β-unsaturated/α-hetero) is 2. The van der Waals surface area contributed by atoms with Crippen LogP contribution in [0.1, 0.15) is 44.9 Å². The fraction of sp³-hybridized carbons (Fsp3) is 0.846. The van der Waals surface area contributed by atoms with Gasteiger partial charge in [0.25, 0.3) is 0 Å². The van der Waals surface area contributed by atoms with E-state index >= 15 is 0 Å². The van der Waals surface area contributed by atoms with Gasteiger partial charge in [-0.15, -0.1) is 0 Å². The number of piperidine rings is 1. The lowest BCUT2D eigenvalue weighted by Crippen LogP contribution is -2.58. The third-order valence-corrected chi connectivity index (χ3v) is 4.85. The minimum Gasteiger partial charge on any atom is -0.313 e. The van der Waals surface area contributed by atoms with Crippen LogP contribution in [0.2, 0.25) is 0 Å². The van der Waals surface area contributed by atoms with Crippen LogP contribution in [0.15, 0.2) is 0 Å². The number of carbonyl (C=O) groups excluding carboxylic acids is 2. The molecule has 4 heteroatoms. The smallest absolute Gasteiger partial charge is 0.203 e. The van der Waals surface area contributed by atoms with Gasteiger partial charge in [-0.25, -0.2) is 0 Å². The zero-order valence-corrected chi connectivity index (χ0v) is 9.97. The number of ketones is 2. The third-order valence-electron chi connectivity index (χ3n) is 4.85. The first-order chi connectivity index (χ1) is 8.18. The molecular weight excluding hydrogens is 218 g/mol. The van der Waals surface area contributed by atoms with Crippen LogP contribution in [0, 0.1) is 11.8 Å². The molecule has 1 heterocycles. The molecule has 94 valence electrons. The Kier molecular flexibility index (Phi) is 2.79. The highest BCUT2D eigenvalue weighted by Gasteiger charge is 2.49. The molecule has 0 aromatic rings. The number of hydrogen-bond acceptors (Lipinski definition) is 4. The molecule has 1 saturated heterocycles. The zero-order valence-electron chi connectivity index (χ0n) is 9.97. The first-order valence-corrected chi connectivity index (χ1v) is 6.72. The van der Waals surface area contributed by atoms with Crippen molar-refractivity contribution in [3.63, 3.8) is 0 Å². The molecule has 17 heavy (non-hydrogen) atoms. The molecular formula is C13H19NO3. The van der Waals surface area contributed by atoms with E-state index < -0.39 is 0 Å².